The van der Waals surface area contributed by atoms with Gasteiger partial charge in [0.05, 0.1) is 4.88 Å². The van der Waals surface area contributed by atoms with Gasteiger partial charge in [-0.05, 0) is 31.4 Å². The summed E-state index contributed by atoms with van der Waals surface area (Å²) in [5.74, 6) is 0.0232. The van der Waals surface area contributed by atoms with Crippen molar-refractivity contribution in [2.75, 3.05) is 6.54 Å². The Kier molecular flexibility index (Phi) is 5.42. The molecule has 0 radical (unpaired) electrons. The van der Waals surface area contributed by atoms with Crippen LogP contribution in [0.3, 0.4) is 0 Å². The van der Waals surface area contributed by atoms with Crippen LogP contribution in [0.1, 0.15) is 47.3 Å². The van der Waals surface area contributed by atoms with Crippen molar-refractivity contribution in [1.29, 1.82) is 0 Å². The molecule has 0 aromatic carbocycles. The standard InChI is InChI=1S/C14H21NOS/c1-5-7-12-11(6-2)8-13(17-12)14(16)15-9-10(3)4/h8H,3,5-7,9H2,1-2,4H3,(H,15,16). The fraction of sp³-hybridized carbons (Fsp3) is 0.500. The molecule has 1 heterocycles. The molecule has 3 heteroatoms. The zero-order valence-electron chi connectivity index (χ0n) is 10.9. The molecule has 0 atom stereocenters. The smallest absolute Gasteiger partial charge is 0.261 e. The molecule has 94 valence electrons. The van der Waals surface area contributed by atoms with Crippen LogP contribution in [-0.4, -0.2) is 12.5 Å². The van der Waals surface area contributed by atoms with Crippen molar-refractivity contribution in [3.05, 3.63) is 33.5 Å². The largest absolute Gasteiger partial charge is 0.348 e. The number of hydrogen-bond donors (Lipinski definition) is 1. The maximum atomic E-state index is 11.9. The molecule has 1 N–H and O–H groups in total. The van der Waals surface area contributed by atoms with Crippen LogP contribution in [0, 0.1) is 0 Å². The predicted octanol–water partition coefficient (Wildman–Crippen LogP) is 3.57. The van der Waals surface area contributed by atoms with Crippen molar-refractivity contribution in [2.24, 2.45) is 0 Å². The van der Waals surface area contributed by atoms with E-state index in [0.29, 0.717) is 6.54 Å². The van der Waals surface area contributed by atoms with Gasteiger partial charge in [-0.15, -0.1) is 11.3 Å². The number of thiophene rings is 1. The van der Waals surface area contributed by atoms with E-state index in [1.807, 2.05) is 13.0 Å². The lowest BCUT2D eigenvalue weighted by Gasteiger charge is -2.01. The molecule has 0 fully saturated rings. The first-order chi connectivity index (χ1) is 8.08. The van der Waals surface area contributed by atoms with Gasteiger partial charge in [-0.3, -0.25) is 4.79 Å². The summed E-state index contributed by atoms with van der Waals surface area (Å²) >= 11 is 1.63. The van der Waals surface area contributed by atoms with Gasteiger partial charge in [-0.1, -0.05) is 32.4 Å². The van der Waals surface area contributed by atoms with E-state index >= 15 is 0 Å². The molecule has 2 nitrogen and oxygen atoms in total. The van der Waals surface area contributed by atoms with E-state index in [-0.39, 0.29) is 5.91 Å². The van der Waals surface area contributed by atoms with Crippen LogP contribution in [0.4, 0.5) is 0 Å². The maximum absolute atomic E-state index is 11.9. The second-order valence-electron chi connectivity index (χ2n) is 4.30. The first-order valence-electron chi connectivity index (χ1n) is 6.12. The molecule has 17 heavy (non-hydrogen) atoms. The first kappa shape index (κ1) is 14.0. The summed E-state index contributed by atoms with van der Waals surface area (Å²) in [7, 11) is 0. The molecule has 0 aliphatic heterocycles. The van der Waals surface area contributed by atoms with Gasteiger partial charge in [-0.25, -0.2) is 0 Å². The topological polar surface area (TPSA) is 29.1 Å². The normalized spacial score (nSPS) is 10.3. The van der Waals surface area contributed by atoms with Crippen LogP contribution in [-0.2, 0) is 12.8 Å². The van der Waals surface area contributed by atoms with Crippen molar-refractivity contribution in [3.8, 4) is 0 Å². The average molecular weight is 251 g/mol. The Balaban J connectivity index is 2.76. The number of carbonyl (C=O) groups is 1. The van der Waals surface area contributed by atoms with Gasteiger partial charge in [0.2, 0.25) is 0 Å². The lowest BCUT2D eigenvalue weighted by Crippen LogP contribution is -2.23. The van der Waals surface area contributed by atoms with E-state index in [1.165, 1.54) is 10.4 Å². The molecular formula is C14H21NOS. The highest BCUT2D eigenvalue weighted by atomic mass is 32.1. The molecule has 0 saturated heterocycles. The second kappa shape index (κ2) is 6.60. The van der Waals surface area contributed by atoms with Gasteiger partial charge in [0, 0.05) is 11.4 Å². The molecule has 1 aromatic heterocycles. The molecule has 1 rings (SSSR count). The Morgan fingerprint density at radius 3 is 2.71 bits per heavy atom. The Morgan fingerprint density at radius 2 is 2.18 bits per heavy atom. The number of carbonyl (C=O) groups excluding carboxylic acids is 1. The summed E-state index contributed by atoms with van der Waals surface area (Å²) in [5, 5.41) is 2.88. The highest BCUT2D eigenvalue weighted by Crippen LogP contribution is 2.24. The summed E-state index contributed by atoms with van der Waals surface area (Å²) in [6, 6.07) is 2.03. The fourth-order valence-corrected chi connectivity index (χ4v) is 2.91. The van der Waals surface area contributed by atoms with E-state index in [0.717, 1.165) is 29.7 Å². The van der Waals surface area contributed by atoms with E-state index in [9.17, 15) is 4.79 Å². The summed E-state index contributed by atoms with van der Waals surface area (Å²) in [5.41, 5.74) is 2.29. The molecule has 0 aliphatic rings. The Hall–Kier alpha value is -1.09. The molecule has 0 unspecified atom stereocenters. The summed E-state index contributed by atoms with van der Waals surface area (Å²) in [6.45, 7) is 10.5. The summed E-state index contributed by atoms with van der Waals surface area (Å²) in [6.07, 6.45) is 3.20. The average Bonchev–Trinajstić information content (AvgIpc) is 2.69. The first-order valence-corrected chi connectivity index (χ1v) is 6.94. The molecule has 0 aliphatic carbocycles. The van der Waals surface area contributed by atoms with Gasteiger partial charge >= 0.3 is 0 Å². The number of nitrogens with one attached hydrogen (secondary N) is 1. The van der Waals surface area contributed by atoms with Gasteiger partial charge in [0.1, 0.15) is 0 Å². The van der Waals surface area contributed by atoms with Gasteiger partial charge in [0.15, 0.2) is 0 Å². The quantitative estimate of drug-likeness (QED) is 0.769. The highest BCUT2D eigenvalue weighted by molar-refractivity contribution is 7.14. The van der Waals surface area contributed by atoms with Gasteiger partial charge < -0.3 is 5.32 Å². The number of aryl methyl sites for hydroxylation is 2. The zero-order chi connectivity index (χ0) is 12.8. The highest BCUT2D eigenvalue weighted by Gasteiger charge is 2.12. The third kappa shape index (κ3) is 4.00. The molecule has 0 bridgehead atoms. The van der Waals surface area contributed by atoms with Gasteiger partial charge in [0.25, 0.3) is 5.91 Å². The summed E-state index contributed by atoms with van der Waals surface area (Å²) < 4.78 is 0. The maximum Gasteiger partial charge on any atom is 0.261 e. The van der Waals surface area contributed by atoms with Crippen molar-refractivity contribution in [1.82, 2.24) is 5.32 Å². The predicted molar refractivity (Wildman–Crippen MR) is 74.8 cm³/mol. The SMILES string of the molecule is C=C(C)CNC(=O)c1cc(CC)c(CCC)s1. The van der Waals surface area contributed by atoms with Crippen molar-refractivity contribution in [3.63, 3.8) is 0 Å². The van der Waals surface area contributed by atoms with E-state index < -0.39 is 0 Å². The van der Waals surface area contributed by atoms with Crippen molar-refractivity contribution < 1.29 is 4.79 Å². The van der Waals surface area contributed by atoms with Gasteiger partial charge in [-0.2, -0.15) is 0 Å². The van der Waals surface area contributed by atoms with Crippen LogP contribution in [0.5, 0.6) is 0 Å². The lowest BCUT2D eigenvalue weighted by molar-refractivity contribution is 0.0961. The lowest BCUT2D eigenvalue weighted by atomic mass is 10.1. The Morgan fingerprint density at radius 1 is 1.47 bits per heavy atom. The summed E-state index contributed by atoms with van der Waals surface area (Å²) in [4.78, 5) is 14.1. The third-order valence-electron chi connectivity index (χ3n) is 2.53. The Labute approximate surface area is 108 Å². The molecular weight excluding hydrogens is 230 g/mol. The van der Waals surface area contributed by atoms with E-state index in [4.69, 9.17) is 0 Å². The van der Waals surface area contributed by atoms with Crippen molar-refractivity contribution >= 4 is 17.2 Å². The molecule has 0 saturated carbocycles. The fourth-order valence-electron chi connectivity index (χ4n) is 1.63. The second-order valence-corrected chi connectivity index (χ2v) is 5.44. The van der Waals surface area contributed by atoms with Crippen molar-refractivity contribution in [2.45, 2.75) is 40.0 Å². The number of rotatable bonds is 6. The van der Waals surface area contributed by atoms with E-state index in [2.05, 4.69) is 25.7 Å². The minimum absolute atomic E-state index is 0.0232. The minimum Gasteiger partial charge on any atom is -0.348 e. The monoisotopic (exact) mass is 251 g/mol. The van der Waals surface area contributed by atoms with Crippen LogP contribution in [0.15, 0.2) is 18.2 Å². The van der Waals surface area contributed by atoms with E-state index in [1.54, 1.807) is 11.3 Å². The molecule has 1 amide bonds. The third-order valence-corrected chi connectivity index (χ3v) is 3.76. The molecule has 0 spiro atoms. The zero-order valence-corrected chi connectivity index (χ0v) is 11.7. The van der Waals surface area contributed by atoms with Crippen LogP contribution in [0.25, 0.3) is 0 Å². The van der Waals surface area contributed by atoms with Crippen LogP contribution >= 0.6 is 11.3 Å². The molecule has 1 aromatic rings. The number of hydrogen-bond acceptors (Lipinski definition) is 2. The number of amides is 1. The van der Waals surface area contributed by atoms with Crippen LogP contribution in [0.2, 0.25) is 0 Å². The minimum atomic E-state index is 0.0232. The van der Waals surface area contributed by atoms with Crippen LogP contribution < -0.4 is 5.32 Å². The Bertz CT molecular complexity index is 406.